The van der Waals surface area contributed by atoms with Crippen LogP contribution in [0.15, 0.2) is 18.2 Å². The Hall–Kier alpha value is -2.02. The minimum Gasteiger partial charge on any atom is -0.492 e. The summed E-state index contributed by atoms with van der Waals surface area (Å²) in [6.45, 7) is 1.01. The molecule has 1 aliphatic rings. The Morgan fingerprint density at radius 1 is 1.28 bits per heavy atom. The zero-order chi connectivity index (χ0) is 18.1. The number of carbonyl (C=O) groups excluding carboxylic acids is 1. The van der Waals surface area contributed by atoms with Gasteiger partial charge in [0.1, 0.15) is 5.75 Å². The standard InChI is InChI=1S/C17H24ClN3O4/c18-15-12-14(21(23)24)8-9-16(15)25-11-5-4-10-19-17(22)20-13-6-2-1-3-7-13/h8-9,12-13H,1-7,10-11H2,(H2,19,20,22). The third kappa shape index (κ3) is 6.78. The smallest absolute Gasteiger partial charge is 0.315 e. The lowest BCUT2D eigenvalue weighted by Gasteiger charge is -2.22. The number of rotatable bonds is 8. The molecule has 0 radical (unpaired) electrons. The van der Waals surface area contributed by atoms with Gasteiger partial charge in [0.2, 0.25) is 0 Å². The maximum atomic E-state index is 11.8. The molecule has 1 fully saturated rings. The van der Waals surface area contributed by atoms with Crippen LogP contribution >= 0.6 is 11.6 Å². The summed E-state index contributed by atoms with van der Waals surface area (Å²) in [4.78, 5) is 21.9. The maximum Gasteiger partial charge on any atom is 0.315 e. The van der Waals surface area contributed by atoms with Gasteiger partial charge in [-0.15, -0.1) is 0 Å². The predicted octanol–water partition coefficient (Wildman–Crippen LogP) is 4.04. The molecule has 2 rings (SSSR count). The first-order valence-corrected chi connectivity index (χ1v) is 9.05. The van der Waals surface area contributed by atoms with E-state index in [0.717, 1.165) is 25.7 Å². The summed E-state index contributed by atoms with van der Waals surface area (Å²) in [5.74, 6) is 0.426. The van der Waals surface area contributed by atoms with Gasteiger partial charge in [0.05, 0.1) is 16.6 Å². The van der Waals surface area contributed by atoms with Crippen molar-refractivity contribution in [1.29, 1.82) is 0 Å². The van der Waals surface area contributed by atoms with Crippen LogP contribution in [0.5, 0.6) is 5.75 Å². The number of urea groups is 1. The van der Waals surface area contributed by atoms with Gasteiger partial charge in [0.15, 0.2) is 0 Å². The molecule has 2 N–H and O–H groups in total. The summed E-state index contributed by atoms with van der Waals surface area (Å²) < 4.78 is 5.52. The van der Waals surface area contributed by atoms with Crippen molar-refractivity contribution in [2.75, 3.05) is 13.2 Å². The van der Waals surface area contributed by atoms with Crippen molar-refractivity contribution >= 4 is 23.3 Å². The lowest BCUT2D eigenvalue weighted by molar-refractivity contribution is -0.384. The van der Waals surface area contributed by atoms with Crippen LogP contribution in [0.1, 0.15) is 44.9 Å². The molecule has 1 aromatic rings. The fraction of sp³-hybridized carbons (Fsp3) is 0.588. The van der Waals surface area contributed by atoms with Gasteiger partial charge in [-0.1, -0.05) is 30.9 Å². The average molecular weight is 370 g/mol. The number of nitro benzene ring substituents is 1. The molecule has 1 aromatic carbocycles. The van der Waals surface area contributed by atoms with Gasteiger partial charge in [-0.2, -0.15) is 0 Å². The molecule has 0 unspecified atom stereocenters. The Labute approximate surface area is 152 Å². The zero-order valence-electron chi connectivity index (χ0n) is 14.1. The van der Waals surface area contributed by atoms with Crippen molar-refractivity contribution in [3.8, 4) is 5.75 Å². The quantitative estimate of drug-likeness (QED) is 0.411. The number of nitro groups is 1. The molecule has 25 heavy (non-hydrogen) atoms. The summed E-state index contributed by atoms with van der Waals surface area (Å²) in [6, 6.07) is 4.33. The highest BCUT2D eigenvalue weighted by molar-refractivity contribution is 6.32. The SMILES string of the molecule is O=C(NCCCCOc1ccc([N+](=O)[O-])cc1Cl)NC1CCCCC1. The molecule has 1 aliphatic carbocycles. The second-order valence-electron chi connectivity index (χ2n) is 6.16. The highest BCUT2D eigenvalue weighted by Crippen LogP contribution is 2.28. The Morgan fingerprint density at radius 3 is 2.72 bits per heavy atom. The summed E-state index contributed by atoms with van der Waals surface area (Å²) in [5, 5.41) is 16.7. The molecule has 0 saturated heterocycles. The van der Waals surface area contributed by atoms with Gasteiger partial charge in [0, 0.05) is 24.7 Å². The van der Waals surface area contributed by atoms with Crippen molar-refractivity contribution in [1.82, 2.24) is 10.6 Å². The van der Waals surface area contributed by atoms with E-state index in [1.807, 2.05) is 0 Å². The molecule has 0 spiro atoms. The average Bonchev–Trinajstić information content (AvgIpc) is 2.59. The van der Waals surface area contributed by atoms with Crippen LogP contribution in [-0.2, 0) is 0 Å². The Balaban J connectivity index is 1.57. The number of ether oxygens (including phenoxy) is 1. The molecular weight excluding hydrogens is 346 g/mol. The molecule has 0 heterocycles. The van der Waals surface area contributed by atoms with Crippen LogP contribution in [0.2, 0.25) is 5.02 Å². The van der Waals surface area contributed by atoms with Crippen molar-refractivity contribution in [3.05, 3.63) is 33.3 Å². The van der Waals surface area contributed by atoms with E-state index in [-0.39, 0.29) is 16.7 Å². The monoisotopic (exact) mass is 369 g/mol. The van der Waals surface area contributed by atoms with E-state index in [9.17, 15) is 14.9 Å². The minimum absolute atomic E-state index is 0.0643. The number of nitrogens with zero attached hydrogens (tertiary/aromatic N) is 1. The molecule has 2 amide bonds. The first-order chi connectivity index (χ1) is 12.1. The minimum atomic E-state index is -0.500. The molecule has 138 valence electrons. The predicted molar refractivity (Wildman–Crippen MR) is 96.2 cm³/mol. The molecule has 0 aromatic heterocycles. The van der Waals surface area contributed by atoms with Crippen molar-refractivity contribution in [3.63, 3.8) is 0 Å². The second kappa shape index (κ2) is 10.1. The van der Waals surface area contributed by atoms with Crippen LogP contribution in [0.4, 0.5) is 10.5 Å². The zero-order valence-corrected chi connectivity index (χ0v) is 14.9. The number of hydrogen-bond acceptors (Lipinski definition) is 4. The van der Waals surface area contributed by atoms with Crippen LogP contribution < -0.4 is 15.4 Å². The Kier molecular flexibility index (Phi) is 7.78. The number of hydrogen-bond donors (Lipinski definition) is 2. The van der Waals surface area contributed by atoms with Gasteiger partial charge < -0.3 is 15.4 Å². The number of nitrogens with one attached hydrogen (secondary N) is 2. The molecule has 0 atom stereocenters. The van der Waals surface area contributed by atoms with E-state index in [1.54, 1.807) is 0 Å². The fourth-order valence-corrected chi connectivity index (χ4v) is 3.04. The van der Waals surface area contributed by atoms with Crippen LogP contribution in [0.3, 0.4) is 0 Å². The van der Waals surface area contributed by atoms with Crippen LogP contribution in [0.25, 0.3) is 0 Å². The lowest BCUT2D eigenvalue weighted by atomic mass is 9.96. The second-order valence-corrected chi connectivity index (χ2v) is 6.57. The number of amides is 2. The Bertz CT molecular complexity index is 591. The third-order valence-corrected chi connectivity index (χ3v) is 4.48. The topological polar surface area (TPSA) is 93.5 Å². The molecule has 0 bridgehead atoms. The molecule has 7 nitrogen and oxygen atoms in total. The van der Waals surface area contributed by atoms with Crippen LogP contribution in [0, 0.1) is 10.1 Å². The van der Waals surface area contributed by atoms with E-state index >= 15 is 0 Å². The molecule has 1 saturated carbocycles. The largest absolute Gasteiger partial charge is 0.492 e. The first-order valence-electron chi connectivity index (χ1n) is 8.67. The van der Waals surface area contributed by atoms with E-state index in [2.05, 4.69) is 10.6 Å². The first kappa shape index (κ1) is 19.3. The number of benzene rings is 1. The van der Waals surface area contributed by atoms with Gasteiger partial charge in [-0.3, -0.25) is 10.1 Å². The number of non-ortho nitro benzene ring substituents is 1. The maximum absolute atomic E-state index is 11.8. The highest BCUT2D eigenvalue weighted by atomic mass is 35.5. The van der Waals surface area contributed by atoms with Gasteiger partial charge in [-0.05, 0) is 31.7 Å². The summed E-state index contributed by atoms with van der Waals surface area (Å²) >= 11 is 5.95. The number of halogens is 1. The van der Waals surface area contributed by atoms with Crippen molar-refractivity contribution in [2.24, 2.45) is 0 Å². The molecule has 0 aliphatic heterocycles. The molecular formula is C17H24ClN3O4. The normalized spacial score (nSPS) is 14.8. The number of unbranched alkanes of at least 4 members (excludes halogenated alkanes) is 1. The summed E-state index contributed by atoms with van der Waals surface area (Å²) in [6.07, 6.45) is 7.30. The van der Waals surface area contributed by atoms with E-state index in [4.69, 9.17) is 16.3 Å². The van der Waals surface area contributed by atoms with Gasteiger partial charge >= 0.3 is 6.03 Å². The van der Waals surface area contributed by atoms with Gasteiger partial charge in [0.25, 0.3) is 5.69 Å². The highest BCUT2D eigenvalue weighted by Gasteiger charge is 2.15. The van der Waals surface area contributed by atoms with Crippen LogP contribution in [-0.4, -0.2) is 30.1 Å². The van der Waals surface area contributed by atoms with E-state index in [0.29, 0.717) is 24.9 Å². The van der Waals surface area contributed by atoms with E-state index < -0.39 is 4.92 Å². The summed E-state index contributed by atoms with van der Waals surface area (Å²) in [5.41, 5.74) is -0.0643. The van der Waals surface area contributed by atoms with Gasteiger partial charge in [-0.25, -0.2) is 4.79 Å². The molecule has 8 heteroatoms. The fourth-order valence-electron chi connectivity index (χ4n) is 2.81. The lowest BCUT2D eigenvalue weighted by Crippen LogP contribution is -2.43. The van der Waals surface area contributed by atoms with Crippen molar-refractivity contribution in [2.45, 2.75) is 51.0 Å². The van der Waals surface area contributed by atoms with Crippen molar-refractivity contribution < 1.29 is 14.5 Å². The summed E-state index contributed by atoms with van der Waals surface area (Å²) in [7, 11) is 0. The number of carbonyl (C=O) groups is 1. The third-order valence-electron chi connectivity index (χ3n) is 4.18. The van der Waals surface area contributed by atoms with E-state index in [1.165, 1.54) is 37.5 Å². The Morgan fingerprint density at radius 2 is 2.04 bits per heavy atom.